The van der Waals surface area contributed by atoms with Gasteiger partial charge in [-0.2, -0.15) is 14.6 Å². The molecule has 4 rings (SSSR count). The molecule has 0 aliphatic carbocycles. The van der Waals surface area contributed by atoms with Crippen LogP contribution in [0.4, 0.5) is 11.6 Å². The van der Waals surface area contributed by atoms with E-state index in [-0.39, 0.29) is 5.75 Å². The van der Waals surface area contributed by atoms with Gasteiger partial charge in [-0.05, 0) is 61.7 Å². The normalized spacial score (nSPS) is 14.8. The Morgan fingerprint density at radius 2 is 1.72 bits per heavy atom. The fourth-order valence-electron chi connectivity index (χ4n) is 4.17. The van der Waals surface area contributed by atoms with Gasteiger partial charge in [0.1, 0.15) is 5.75 Å². The first-order valence-corrected chi connectivity index (χ1v) is 13.5. The van der Waals surface area contributed by atoms with Crippen molar-refractivity contribution in [2.75, 3.05) is 37.2 Å². The molecule has 1 aromatic heterocycles. The van der Waals surface area contributed by atoms with Crippen LogP contribution in [0.5, 0.6) is 11.6 Å². The van der Waals surface area contributed by atoms with Crippen LogP contribution in [0, 0.1) is 25.2 Å². The van der Waals surface area contributed by atoms with Gasteiger partial charge in [-0.1, -0.05) is 12.1 Å². The number of rotatable bonds is 8. The molecule has 0 atom stereocenters. The SMILES string of the molecule is CCS(=O)(=O)N1CCN(Cc2ccc(Nc3nccc(Oc4c(C)cc(C#N)cc4C)n3)cc2)CC1. The van der Waals surface area contributed by atoms with Gasteiger partial charge in [-0.15, -0.1) is 0 Å². The van der Waals surface area contributed by atoms with E-state index in [4.69, 9.17) is 10.00 Å². The number of aryl methyl sites for hydroxylation is 2. The Bertz CT molecular complexity index is 1340. The monoisotopic (exact) mass is 506 g/mol. The van der Waals surface area contributed by atoms with Crippen LogP contribution >= 0.6 is 0 Å². The minimum absolute atomic E-state index is 0.148. The Labute approximate surface area is 212 Å². The molecule has 0 bridgehead atoms. The lowest BCUT2D eigenvalue weighted by Gasteiger charge is -2.33. The maximum atomic E-state index is 12.0. The zero-order valence-electron chi connectivity index (χ0n) is 20.7. The molecule has 10 heteroatoms. The number of nitrogens with one attached hydrogen (secondary N) is 1. The summed E-state index contributed by atoms with van der Waals surface area (Å²) >= 11 is 0. The summed E-state index contributed by atoms with van der Waals surface area (Å²) in [7, 11) is -3.12. The molecule has 1 N–H and O–H groups in total. The van der Waals surface area contributed by atoms with Crippen molar-refractivity contribution in [3.8, 4) is 17.7 Å². The first kappa shape index (κ1) is 25.6. The number of benzene rings is 2. The van der Waals surface area contributed by atoms with E-state index in [1.807, 2.05) is 38.1 Å². The summed E-state index contributed by atoms with van der Waals surface area (Å²) < 4.78 is 31.7. The predicted molar refractivity (Wildman–Crippen MR) is 139 cm³/mol. The molecule has 2 aromatic carbocycles. The highest BCUT2D eigenvalue weighted by Crippen LogP contribution is 2.29. The van der Waals surface area contributed by atoms with Crippen LogP contribution in [0.3, 0.4) is 0 Å². The Kier molecular flexibility index (Phi) is 7.84. The summed E-state index contributed by atoms with van der Waals surface area (Å²) in [6, 6.07) is 15.5. The van der Waals surface area contributed by atoms with Crippen LogP contribution < -0.4 is 10.1 Å². The summed E-state index contributed by atoms with van der Waals surface area (Å²) in [6.45, 7) is 8.76. The fraction of sp³-hybridized carbons (Fsp3) is 0.346. The molecule has 3 aromatic rings. The van der Waals surface area contributed by atoms with Crippen LogP contribution in [0.25, 0.3) is 0 Å². The van der Waals surface area contributed by atoms with Crippen molar-refractivity contribution in [3.05, 3.63) is 70.9 Å². The van der Waals surface area contributed by atoms with Crippen LogP contribution in [0.2, 0.25) is 0 Å². The first-order valence-electron chi connectivity index (χ1n) is 11.9. The van der Waals surface area contributed by atoms with Crippen molar-refractivity contribution < 1.29 is 13.2 Å². The Hall–Kier alpha value is -3.52. The molecule has 0 amide bonds. The molecular formula is C26H30N6O3S. The summed E-state index contributed by atoms with van der Waals surface area (Å²) in [5.74, 6) is 1.65. The number of nitriles is 1. The highest BCUT2D eigenvalue weighted by Gasteiger charge is 2.25. The number of nitrogens with zero attached hydrogens (tertiary/aromatic N) is 5. The second-order valence-electron chi connectivity index (χ2n) is 8.77. The average molecular weight is 507 g/mol. The molecule has 1 aliphatic rings. The van der Waals surface area contributed by atoms with Gasteiger partial charge in [-0.3, -0.25) is 4.90 Å². The Morgan fingerprint density at radius 3 is 2.33 bits per heavy atom. The largest absolute Gasteiger partial charge is 0.438 e. The van der Waals surface area contributed by atoms with Crippen molar-refractivity contribution in [3.63, 3.8) is 0 Å². The fourth-order valence-corrected chi connectivity index (χ4v) is 5.25. The van der Waals surface area contributed by atoms with Gasteiger partial charge >= 0.3 is 0 Å². The highest BCUT2D eigenvalue weighted by molar-refractivity contribution is 7.89. The van der Waals surface area contributed by atoms with Gasteiger partial charge in [0.05, 0.1) is 17.4 Å². The number of piperazine rings is 1. The lowest BCUT2D eigenvalue weighted by molar-refractivity contribution is 0.182. The zero-order chi connectivity index (χ0) is 25.7. The van der Waals surface area contributed by atoms with Crippen LogP contribution in [0.1, 0.15) is 29.2 Å². The average Bonchev–Trinajstić information content (AvgIpc) is 2.88. The van der Waals surface area contributed by atoms with Crippen molar-refractivity contribution in [1.29, 1.82) is 5.26 Å². The van der Waals surface area contributed by atoms with Crippen LogP contribution in [-0.2, 0) is 16.6 Å². The van der Waals surface area contributed by atoms with Gasteiger partial charge in [0.2, 0.25) is 21.9 Å². The quantitative estimate of drug-likeness (QED) is 0.489. The summed E-state index contributed by atoms with van der Waals surface area (Å²) in [5, 5.41) is 12.3. The highest BCUT2D eigenvalue weighted by atomic mass is 32.2. The molecule has 1 fully saturated rings. The molecule has 9 nitrogen and oxygen atoms in total. The summed E-state index contributed by atoms with van der Waals surface area (Å²) in [6.07, 6.45) is 1.63. The van der Waals surface area contributed by atoms with E-state index < -0.39 is 10.0 Å². The number of ether oxygens (including phenoxy) is 1. The minimum Gasteiger partial charge on any atom is -0.438 e. The van der Waals surface area contributed by atoms with Gasteiger partial charge in [0.15, 0.2) is 0 Å². The molecule has 1 aliphatic heterocycles. The Morgan fingerprint density at radius 1 is 1.06 bits per heavy atom. The molecule has 0 unspecified atom stereocenters. The van der Waals surface area contributed by atoms with Crippen LogP contribution in [-0.4, -0.2) is 59.5 Å². The van der Waals surface area contributed by atoms with Crippen molar-refractivity contribution in [2.45, 2.75) is 27.3 Å². The smallest absolute Gasteiger partial charge is 0.230 e. The van der Waals surface area contributed by atoms with Gasteiger partial charge in [-0.25, -0.2) is 13.4 Å². The molecule has 0 saturated carbocycles. The second kappa shape index (κ2) is 11.0. The molecule has 36 heavy (non-hydrogen) atoms. The van der Waals surface area contributed by atoms with E-state index in [0.29, 0.717) is 36.2 Å². The molecular weight excluding hydrogens is 476 g/mol. The maximum absolute atomic E-state index is 12.0. The topological polar surface area (TPSA) is 111 Å². The predicted octanol–water partition coefficient (Wildman–Crippen LogP) is 3.97. The first-order chi connectivity index (χ1) is 17.3. The standard InChI is InChI=1S/C26H30N6O3S/c1-4-36(33,34)32-13-11-31(12-14-32)18-21-5-7-23(8-6-21)29-26-28-10-9-24(30-26)35-25-19(2)15-22(17-27)16-20(25)3/h5-10,15-16H,4,11-14,18H2,1-3H3,(H,28,29,30). The lowest BCUT2D eigenvalue weighted by Crippen LogP contribution is -2.48. The maximum Gasteiger partial charge on any atom is 0.230 e. The molecule has 188 valence electrons. The van der Waals surface area contributed by atoms with Gasteiger partial charge in [0.25, 0.3) is 0 Å². The lowest BCUT2D eigenvalue weighted by atomic mass is 10.1. The number of anilines is 2. The zero-order valence-corrected chi connectivity index (χ0v) is 21.5. The molecule has 0 radical (unpaired) electrons. The van der Waals surface area contributed by atoms with Crippen LogP contribution in [0.15, 0.2) is 48.7 Å². The van der Waals surface area contributed by atoms with E-state index in [1.165, 1.54) is 0 Å². The van der Waals surface area contributed by atoms with E-state index in [2.05, 4.69) is 26.3 Å². The van der Waals surface area contributed by atoms with Crippen molar-refractivity contribution in [1.82, 2.24) is 19.2 Å². The minimum atomic E-state index is -3.12. The van der Waals surface area contributed by atoms with Gasteiger partial charge < -0.3 is 10.1 Å². The van der Waals surface area contributed by atoms with Crippen molar-refractivity contribution in [2.24, 2.45) is 0 Å². The number of aromatic nitrogens is 2. The second-order valence-corrected chi connectivity index (χ2v) is 11.0. The van der Waals surface area contributed by atoms with E-state index in [1.54, 1.807) is 35.6 Å². The molecule has 0 spiro atoms. The van der Waals surface area contributed by atoms with E-state index >= 15 is 0 Å². The van der Waals surface area contributed by atoms with E-state index in [9.17, 15) is 8.42 Å². The molecule has 2 heterocycles. The number of hydrogen-bond acceptors (Lipinski definition) is 8. The third-order valence-electron chi connectivity index (χ3n) is 6.13. The Balaban J connectivity index is 1.35. The third kappa shape index (κ3) is 6.18. The van der Waals surface area contributed by atoms with Gasteiger partial charge in [0, 0.05) is 50.7 Å². The van der Waals surface area contributed by atoms with E-state index in [0.717, 1.165) is 42.0 Å². The van der Waals surface area contributed by atoms with Crippen molar-refractivity contribution >= 4 is 21.7 Å². The summed E-state index contributed by atoms with van der Waals surface area (Å²) in [5.41, 5.74) is 4.32. The molecule has 1 saturated heterocycles. The summed E-state index contributed by atoms with van der Waals surface area (Å²) in [4.78, 5) is 11.0. The number of hydrogen-bond donors (Lipinski definition) is 1. The third-order valence-corrected chi connectivity index (χ3v) is 8.01. The number of sulfonamides is 1.